The maximum Gasteiger partial charge on any atom is 0.258 e. The number of hydrogen-bond donors (Lipinski definition) is 1. The zero-order valence-electron chi connectivity index (χ0n) is 15.4. The second kappa shape index (κ2) is 6.03. The second-order valence-corrected chi connectivity index (χ2v) is 8.30. The average molecular weight is 315 g/mol. The van der Waals surface area contributed by atoms with E-state index in [1.165, 1.54) is 5.56 Å². The Labute approximate surface area is 139 Å². The van der Waals surface area contributed by atoms with E-state index in [9.17, 15) is 9.90 Å². The van der Waals surface area contributed by atoms with Crippen molar-refractivity contribution in [3.8, 4) is 5.75 Å². The van der Waals surface area contributed by atoms with Crippen LogP contribution in [0, 0.1) is 5.41 Å². The third-order valence-electron chi connectivity index (χ3n) is 4.17. The van der Waals surface area contributed by atoms with Crippen molar-refractivity contribution in [2.75, 3.05) is 0 Å². The standard InChI is InChI=1S/C20H29NO2/c1-12(2)14-8-9-16-15(10-14)18(22)17(13(3)4)19(23)21(16)11-20(5,6)7/h8-10,12-13,22H,11H2,1-7H3. The monoisotopic (exact) mass is 315 g/mol. The van der Waals surface area contributed by atoms with Crippen LogP contribution in [0.2, 0.25) is 0 Å². The molecule has 0 saturated heterocycles. The molecule has 0 spiro atoms. The summed E-state index contributed by atoms with van der Waals surface area (Å²) in [6, 6.07) is 6.06. The Hall–Kier alpha value is -1.77. The molecule has 0 amide bonds. The van der Waals surface area contributed by atoms with Crippen LogP contribution in [0.3, 0.4) is 0 Å². The van der Waals surface area contributed by atoms with Crippen molar-refractivity contribution < 1.29 is 5.11 Å². The summed E-state index contributed by atoms with van der Waals surface area (Å²) in [6.07, 6.45) is 0. The van der Waals surface area contributed by atoms with Crippen molar-refractivity contribution in [3.63, 3.8) is 0 Å². The molecule has 2 rings (SSSR count). The third kappa shape index (κ3) is 3.44. The highest BCUT2D eigenvalue weighted by Crippen LogP contribution is 2.33. The molecule has 0 unspecified atom stereocenters. The van der Waals surface area contributed by atoms with Gasteiger partial charge in [-0.05, 0) is 34.9 Å². The molecule has 3 heteroatoms. The molecule has 0 aliphatic carbocycles. The smallest absolute Gasteiger partial charge is 0.258 e. The van der Waals surface area contributed by atoms with E-state index < -0.39 is 0 Å². The summed E-state index contributed by atoms with van der Waals surface area (Å²) in [6.45, 7) is 15.2. The van der Waals surface area contributed by atoms with Gasteiger partial charge in [-0.15, -0.1) is 0 Å². The minimum Gasteiger partial charge on any atom is -0.507 e. The van der Waals surface area contributed by atoms with E-state index in [-0.39, 0.29) is 22.6 Å². The van der Waals surface area contributed by atoms with Crippen LogP contribution >= 0.6 is 0 Å². The highest BCUT2D eigenvalue weighted by atomic mass is 16.3. The Morgan fingerprint density at radius 3 is 2.17 bits per heavy atom. The van der Waals surface area contributed by atoms with Gasteiger partial charge in [-0.1, -0.05) is 54.5 Å². The summed E-state index contributed by atoms with van der Waals surface area (Å²) in [5, 5.41) is 11.5. The van der Waals surface area contributed by atoms with Crippen molar-refractivity contribution in [2.45, 2.75) is 66.8 Å². The molecule has 2 aromatic rings. The highest BCUT2D eigenvalue weighted by Gasteiger charge is 2.22. The first-order chi connectivity index (χ1) is 10.5. The van der Waals surface area contributed by atoms with Crippen molar-refractivity contribution in [1.29, 1.82) is 0 Å². The lowest BCUT2D eigenvalue weighted by Crippen LogP contribution is -2.30. The van der Waals surface area contributed by atoms with Gasteiger partial charge in [-0.3, -0.25) is 4.79 Å². The van der Waals surface area contributed by atoms with Gasteiger partial charge in [0.2, 0.25) is 0 Å². The van der Waals surface area contributed by atoms with Crippen LogP contribution in [0.25, 0.3) is 10.9 Å². The molecule has 1 N–H and O–H groups in total. The van der Waals surface area contributed by atoms with E-state index in [2.05, 4.69) is 40.7 Å². The Morgan fingerprint density at radius 2 is 1.70 bits per heavy atom. The summed E-state index contributed by atoms with van der Waals surface area (Å²) < 4.78 is 1.83. The summed E-state index contributed by atoms with van der Waals surface area (Å²) in [4.78, 5) is 12.9. The molecule has 126 valence electrons. The first kappa shape index (κ1) is 17.6. The SMILES string of the molecule is CC(C)c1ccc2c(c1)c(O)c(C(C)C)c(=O)n2CC(C)(C)C. The summed E-state index contributed by atoms with van der Waals surface area (Å²) >= 11 is 0. The average Bonchev–Trinajstić information content (AvgIpc) is 2.41. The van der Waals surface area contributed by atoms with Crippen molar-refractivity contribution in [1.82, 2.24) is 4.57 Å². The van der Waals surface area contributed by atoms with E-state index in [4.69, 9.17) is 0 Å². The number of fused-ring (bicyclic) bond motifs is 1. The van der Waals surface area contributed by atoms with Gasteiger partial charge < -0.3 is 9.67 Å². The third-order valence-corrected chi connectivity index (χ3v) is 4.17. The topological polar surface area (TPSA) is 42.2 Å². The van der Waals surface area contributed by atoms with E-state index >= 15 is 0 Å². The van der Waals surface area contributed by atoms with Gasteiger partial charge >= 0.3 is 0 Å². The molecule has 0 aliphatic rings. The first-order valence-corrected chi connectivity index (χ1v) is 8.42. The largest absolute Gasteiger partial charge is 0.507 e. The predicted octanol–water partition coefficient (Wildman–Crippen LogP) is 5.00. The van der Waals surface area contributed by atoms with E-state index in [0.717, 1.165) is 10.9 Å². The van der Waals surface area contributed by atoms with Gasteiger partial charge in [0.15, 0.2) is 0 Å². The lowest BCUT2D eigenvalue weighted by atomic mass is 9.94. The number of aromatic nitrogens is 1. The molecule has 0 saturated carbocycles. The van der Waals surface area contributed by atoms with Crippen LogP contribution in [-0.2, 0) is 6.54 Å². The van der Waals surface area contributed by atoms with Gasteiger partial charge in [0.05, 0.1) is 11.1 Å². The number of benzene rings is 1. The fraction of sp³-hybridized carbons (Fsp3) is 0.550. The number of nitrogens with zero attached hydrogens (tertiary/aromatic N) is 1. The molecule has 1 aromatic heterocycles. The minimum atomic E-state index is -0.0720. The number of rotatable bonds is 3. The van der Waals surface area contributed by atoms with Gasteiger partial charge in [0, 0.05) is 11.9 Å². The number of aromatic hydroxyl groups is 1. The molecule has 23 heavy (non-hydrogen) atoms. The van der Waals surface area contributed by atoms with Crippen LogP contribution in [0.15, 0.2) is 23.0 Å². The van der Waals surface area contributed by atoms with Gasteiger partial charge in [-0.2, -0.15) is 0 Å². The van der Waals surface area contributed by atoms with Crippen molar-refractivity contribution in [3.05, 3.63) is 39.7 Å². The minimum absolute atomic E-state index is 0.0131. The lowest BCUT2D eigenvalue weighted by molar-refractivity contribution is 0.342. The van der Waals surface area contributed by atoms with Crippen molar-refractivity contribution in [2.24, 2.45) is 5.41 Å². The van der Waals surface area contributed by atoms with Crippen LogP contribution < -0.4 is 5.56 Å². The maximum atomic E-state index is 12.9. The molecule has 1 aromatic carbocycles. The molecule has 3 nitrogen and oxygen atoms in total. The molecule has 0 atom stereocenters. The van der Waals surface area contributed by atoms with E-state index in [1.807, 2.05) is 30.5 Å². The molecular weight excluding hydrogens is 286 g/mol. The van der Waals surface area contributed by atoms with E-state index in [1.54, 1.807) is 0 Å². The summed E-state index contributed by atoms with van der Waals surface area (Å²) in [5.41, 5.74) is 2.41. The molecule has 0 bridgehead atoms. The summed E-state index contributed by atoms with van der Waals surface area (Å²) in [7, 11) is 0. The zero-order chi connectivity index (χ0) is 17.5. The van der Waals surface area contributed by atoms with Crippen LogP contribution in [-0.4, -0.2) is 9.67 Å². The fourth-order valence-electron chi connectivity index (χ4n) is 2.99. The summed E-state index contributed by atoms with van der Waals surface area (Å²) in [5.74, 6) is 0.512. The lowest BCUT2D eigenvalue weighted by Gasteiger charge is -2.24. The van der Waals surface area contributed by atoms with Gasteiger partial charge in [0.25, 0.3) is 5.56 Å². The van der Waals surface area contributed by atoms with E-state index in [0.29, 0.717) is 18.0 Å². The van der Waals surface area contributed by atoms with Gasteiger partial charge in [0.1, 0.15) is 5.75 Å². The molecule has 0 aliphatic heterocycles. The first-order valence-electron chi connectivity index (χ1n) is 8.42. The number of hydrogen-bond acceptors (Lipinski definition) is 2. The molecule has 0 fully saturated rings. The Morgan fingerprint density at radius 1 is 1.09 bits per heavy atom. The quantitative estimate of drug-likeness (QED) is 0.866. The molecule has 1 heterocycles. The van der Waals surface area contributed by atoms with Crippen LogP contribution in [0.1, 0.15) is 71.4 Å². The van der Waals surface area contributed by atoms with Crippen molar-refractivity contribution >= 4 is 10.9 Å². The Kier molecular flexibility index (Phi) is 4.61. The second-order valence-electron chi connectivity index (χ2n) is 8.30. The van der Waals surface area contributed by atoms with Gasteiger partial charge in [-0.25, -0.2) is 0 Å². The Bertz CT molecular complexity index is 777. The van der Waals surface area contributed by atoms with Crippen LogP contribution in [0.5, 0.6) is 5.75 Å². The maximum absolute atomic E-state index is 12.9. The molecule has 0 radical (unpaired) electrons. The number of pyridine rings is 1. The normalized spacial score (nSPS) is 12.6. The molecular formula is C20H29NO2. The fourth-order valence-corrected chi connectivity index (χ4v) is 2.99. The highest BCUT2D eigenvalue weighted by molar-refractivity contribution is 5.87. The Balaban J connectivity index is 2.90. The zero-order valence-corrected chi connectivity index (χ0v) is 15.4. The predicted molar refractivity (Wildman–Crippen MR) is 97.5 cm³/mol. The van der Waals surface area contributed by atoms with Crippen LogP contribution in [0.4, 0.5) is 0 Å².